The Kier molecular flexibility index (Phi) is 4.08. The summed E-state index contributed by atoms with van der Waals surface area (Å²) in [7, 11) is 0.0108. The third-order valence-electron chi connectivity index (χ3n) is 1.36. The van der Waals surface area contributed by atoms with E-state index in [-0.39, 0.29) is 19.0 Å². The predicted octanol–water partition coefficient (Wildman–Crippen LogP) is 2.43. The fourth-order valence-electron chi connectivity index (χ4n) is 0.781. The zero-order chi connectivity index (χ0) is 11.3. The van der Waals surface area contributed by atoms with Crippen molar-refractivity contribution in [3.63, 3.8) is 0 Å². The van der Waals surface area contributed by atoms with Gasteiger partial charge in [0.25, 0.3) is 5.69 Å². The van der Waals surface area contributed by atoms with Gasteiger partial charge in [0.05, 0.1) is 4.92 Å². The van der Waals surface area contributed by atoms with Crippen molar-refractivity contribution in [2.75, 3.05) is 0 Å². The SMILES string of the molecule is O=C(OP=S)Oc1ccc([N+](=O)[O-])cc1. The van der Waals surface area contributed by atoms with Crippen LogP contribution in [0, 0.1) is 10.1 Å². The number of benzene rings is 1. The van der Waals surface area contributed by atoms with E-state index in [1.807, 2.05) is 0 Å². The van der Waals surface area contributed by atoms with Crippen molar-refractivity contribution in [2.45, 2.75) is 0 Å². The van der Waals surface area contributed by atoms with Crippen molar-refractivity contribution in [3.05, 3.63) is 34.4 Å². The molecular weight excluding hydrogens is 241 g/mol. The van der Waals surface area contributed by atoms with Gasteiger partial charge in [-0.25, -0.2) is 4.79 Å². The lowest BCUT2D eigenvalue weighted by Crippen LogP contribution is -2.04. The van der Waals surface area contributed by atoms with E-state index in [2.05, 4.69) is 21.1 Å². The third-order valence-corrected chi connectivity index (χ3v) is 1.81. The number of rotatable bonds is 3. The summed E-state index contributed by atoms with van der Waals surface area (Å²) >= 11 is 4.36. The van der Waals surface area contributed by atoms with Gasteiger partial charge in [0.1, 0.15) is 5.75 Å². The van der Waals surface area contributed by atoms with Gasteiger partial charge in [0.15, 0.2) is 0 Å². The molecule has 8 heteroatoms. The molecule has 0 unspecified atom stereocenters. The topological polar surface area (TPSA) is 78.7 Å². The minimum absolute atomic E-state index is 0.0108. The smallest absolute Gasteiger partial charge is 0.395 e. The standard InChI is InChI=1S/C7H4NO5PS/c9-7(13-14-15)12-6-3-1-5(2-4-6)8(10)11/h1-4H. The summed E-state index contributed by atoms with van der Waals surface area (Å²) < 4.78 is 8.95. The van der Waals surface area contributed by atoms with Crippen LogP contribution >= 0.6 is 7.58 Å². The Labute approximate surface area is 90.9 Å². The van der Waals surface area contributed by atoms with Gasteiger partial charge in [-0.2, -0.15) is 0 Å². The van der Waals surface area contributed by atoms with Crippen LogP contribution in [0.5, 0.6) is 5.75 Å². The van der Waals surface area contributed by atoms with Crippen LogP contribution in [0.25, 0.3) is 0 Å². The molecule has 0 N–H and O–H groups in total. The van der Waals surface area contributed by atoms with Crippen LogP contribution in [0.3, 0.4) is 0 Å². The van der Waals surface area contributed by atoms with Crippen LogP contribution in [0.15, 0.2) is 24.3 Å². The summed E-state index contributed by atoms with van der Waals surface area (Å²) in [5.41, 5.74) is -0.0860. The van der Waals surface area contributed by atoms with E-state index < -0.39 is 11.1 Å². The van der Waals surface area contributed by atoms with Gasteiger partial charge in [0, 0.05) is 12.1 Å². The van der Waals surface area contributed by atoms with Gasteiger partial charge in [-0.1, -0.05) is 0 Å². The summed E-state index contributed by atoms with van der Waals surface area (Å²) in [6.07, 6.45) is -0.944. The number of carbonyl (C=O) groups excluding carboxylic acids is 1. The van der Waals surface area contributed by atoms with Crippen molar-refractivity contribution in [1.82, 2.24) is 0 Å². The van der Waals surface area contributed by atoms with E-state index in [4.69, 9.17) is 0 Å². The fourth-order valence-corrected chi connectivity index (χ4v) is 1.06. The van der Waals surface area contributed by atoms with Crippen LogP contribution in [0.4, 0.5) is 10.5 Å². The van der Waals surface area contributed by atoms with Crippen molar-refractivity contribution < 1.29 is 19.0 Å². The van der Waals surface area contributed by atoms with E-state index in [9.17, 15) is 14.9 Å². The summed E-state index contributed by atoms with van der Waals surface area (Å²) in [5.74, 6) is 0.157. The van der Waals surface area contributed by atoms with Gasteiger partial charge < -0.3 is 9.26 Å². The Morgan fingerprint density at radius 1 is 1.40 bits per heavy atom. The van der Waals surface area contributed by atoms with E-state index in [1.54, 1.807) is 0 Å². The Bertz CT molecular complexity index is 393. The van der Waals surface area contributed by atoms with Crippen LogP contribution in [0.1, 0.15) is 0 Å². The van der Waals surface area contributed by atoms with E-state index in [1.165, 1.54) is 24.3 Å². The molecular formula is C7H4NO5PS. The van der Waals surface area contributed by atoms with Crippen molar-refractivity contribution in [1.29, 1.82) is 0 Å². The minimum Gasteiger partial charge on any atom is -0.395 e. The fraction of sp³-hybridized carbons (Fsp3) is 0. The van der Waals surface area contributed by atoms with Gasteiger partial charge in [-0.05, 0) is 23.9 Å². The van der Waals surface area contributed by atoms with Crippen LogP contribution in [-0.4, -0.2) is 11.1 Å². The largest absolute Gasteiger partial charge is 0.523 e. The highest BCUT2D eigenvalue weighted by Gasteiger charge is 2.08. The second-order valence-electron chi connectivity index (χ2n) is 2.27. The maximum absolute atomic E-state index is 10.8. The number of ether oxygens (including phenoxy) is 1. The van der Waals surface area contributed by atoms with E-state index in [0.717, 1.165) is 0 Å². The normalized spacial score (nSPS) is 9.60. The molecule has 0 aliphatic rings. The molecule has 0 spiro atoms. The maximum Gasteiger partial charge on any atom is 0.523 e. The third kappa shape index (κ3) is 3.57. The Morgan fingerprint density at radius 3 is 2.47 bits per heavy atom. The number of hydrogen-bond donors (Lipinski definition) is 0. The lowest BCUT2D eigenvalue weighted by Gasteiger charge is -2.00. The van der Waals surface area contributed by atoms with Gasteiger partial charge in [-0.15, -0.1) is 0 Å². The second-order valence-corrected chi connectivity index (χ2v) is 3.05. The van der Waals surface area contributed by atoms with Crippen LogP contribution in [-0.2, 0) is 16.3 Å². The molecule has 0 saturated carbocycles. The summed E-state index contributed by atoms with van der Waals surface area (Å²) in [5, 5.41) is 10.3. The molecule has 0 aromatic heterocycles. The average Bonchev–Trinajstić information content (AvgIpc) is 2.18. The maximum atomic E-state index is 10.8. The molecule has 0 aliphatic carbocycles. The van der Waals surface area contributed by atoms with Crippen molar-refractivity contribution >= 4 is 31.2 Å². The summed E-state index contributed by atoms with van der Waals surface area (Å²) in [6, 6.07) is 5.02. The molecule has 1 aromatic carbocycles. The molecule has 0 radical (unpaired) electrons. The second kappa shape index (κ2) is 5.33. The molecule has 1 aromatic rings. The first kappa shape index (κ1) is 11.5. The zero-order valence-electron chi connectivity index (χ0n) is 7.15. The number of nitro groups is 1. The first-order chi connectivity index (χ1) is 7.13. The van der Waals surface area contributed by atoms with E-state index in [0.29, 0.717) is 0 Å². The number of nitrogens with zero attached hydrogens (tertiary/aromatic N) is 1. The summed E-state index contributed by atoms with van der Waals surface area (Å²) in [4.78, 5) is 20.5. The molecule has 6 nitrogen and oxygen atoms in total. The Hall–Kier alpha value is -1.59. The highest BCUT2D eigenvalue weighted by atomic mass is 32.4. The molecule has 15 heavy (non-hydrogen) atoms. The van der Waals surface area contributed by atoms with E-state index >= 15 is 0 Å². The lowest BCUT2D eigenvalue weighted by molar-refractivity contribution is -0.384. The van der Waals surface area contributed by atoms with Crippen molar-refractivity contribution in [2.24, 2.45) is 0 Å². The van der Waals surface area contributed by atoms with Crippen LogP contribution < -0.4 is 4.74 Å². The number of carbonyl (C=O) groups is 1. The highest BCUT2D eigenvalue weighted by Crippen LogP contribution is 2.18. The van der Waals surface area contributed by atoms with Gasteiger partial charge >= 0.3 is 6.16 Å². The minimum atomic E-state index is -0.944. The average molecular weight is 245 g/mol. The quantitative estimate of drug-likeness (QED) is 0.267. The monoisotopic (exact) mass is 245 g/mol. The molecule has 0 bridgehead atoms. The van der Waals surface area contributed by atoms with Crippen molar-refractivity contribution in [3.8, 4) is 5.75 Å². The van der Waals surface area contributed by atoms with Gasteiger partial charge in [0.2, 0.25) is 7.58 Å². The highest BCUT2D eigenvalue weighted by molar-refractivity contribution is 7.94. The van der Waals surface area contributed by atoms with Gasteiger partial charge in [-0.3, -0.25) is 10.1 Å². The van der Waals surface area contributed by atoms with Crippen LogP contribution in [0.2, 0.25) is 0 Å². The molecule has 0 aliphatic heterocycles. The molecule has 0 saturated heterocycles. The molecule has 0 fully saturated rings. The Morgan fingerprint density at radius 2 is 2.00 bits per heavy atom. The molecule has 0 amide bonds. The molecule has 78 valence electrons. The first-order valence-corrected chi connectivity index (χ1v) is 5.42. The Balaban J connectivity index is 2.68. The lowest BCUT2D eigenvalue weighted by atomic mass is 10.3. The molecule has 1 rings (SSSR count). The zero-order valence-corrected chi connectivity index (χ0v) is 8.86. The number of nitro benzene ring substituents is 1. The number of hydrogen-bond acceptors (Lipinski definition) is 6. The predicted molar refractivity (Wildman–Crippen MR) is 54.5 cm³/mol. The summed E-state index contributed by atoms with van der Waals surface area (Å²) in [6.45, 7) is 0. The molecule has 0 atom stereocenters. The molecule has 0 heterocycles. The number of non-ortho nitro benzene ring substituents is 1. The first-order valence-electron chi connectivity index (χ1n) is 3.59.